The van der Waals surface area contributed by atoms with Gasteiger partial charge >= 0.3 is 5.97 Å². The van der Waals surface area contributed by atoms with E-state index >= 15 is 0 Å². The fourth-order valence-electron chi connectivity index (χ4n) is 1.16. The Morgan fingerprint density at radius 1 is 1.47 bits per heavy atom. The maximum atomic E-state index is 10.9. The molecular formula is C11H13ClO5. The second-order valence-corrected chi connectivity index (χ2v) is 3.60. The SMILES string of the molecule is COCC(Oc1ccc(OC)cc1Cl)C(=O)O. The van der Waals surface area contributed by atoms with Gasteiger partial charge in [-0.2, -0.15) is 0 Å². The fraction of sp³-hybridized carbons (Fsp3) is 0.364. The van der Waals surface area contributed by atoms with E-state index in [9.17, 15) is 4.79 Å². The van der Waals surface area contributed by atoms with Gasteiger partial charge in [-0.05, 0) is 12.1 Å². The monoisotopic (exact) mass is 260 g/mol. The number of hydrogen-bond donors (Lipinski definition) is 1. The number of hydrogen-bond acceptors (Lipinski definition) is 4. The largest absolute Gasteiger partial charge is 0.497 e. The summed E-state index contributed by atoms with van der Waals surface area (Å²) in [7, 11) is 2.91. The summed E-state index contributed by atoms with van der Waals surface area (Å²) in [6.07, 6.45) is -1.09. The van der Waals surface area contributed by atoms with Gasteiger partial charge in [-0.1, -0.05) is 11.6 Å². The van der Waals surface area contributed by atoms with Crippen molar-refractivity contribution in [1.82, 2.24) is 0 Å². The second kappa shape index (κ2) is 6.32. The Morgan fingerprint density at radius 2 is 2.18 bits per heavy atom. The van der Waals surface area contributed by atoms with Crippen LogP contribution in [-0.4, -0.2) is 38.0 Å². The number of benzene rings is 1. The van der Waals surface area contributed by atoms with Crippen LogP contribution in [0.2, 0.25) is 5.02 Å². The summed E-state index contributed by atoms with van der Waals surface area (Å²) in [5.41, 5.74) is 0. The third kappa shape index (κ3) is 3.80. The Balaban J connectivity index is 2.82. The number of carbonyl (C=O) groups is 1. The molecule has 1 unspecified atom stereocenters. The van der Waals surface area contributed by atoms with Crippen molar-refractivity contribution in [2.75, 3.05) is 20.8 Å². The highest BCUT2D eigenvalue weighted by molar-refractivity contribution is 6.32. The second-order valence-electron chi connectivity index (χ2n) is 3.20. The van der Waals surface area contributed by atoms with E-state index in [-0.39, 0.29) is 17.4 Å². The van der Waals surface area contributed by atoms with Gasteiger partial charge in [0.1, 0.15) is 11.5 Å². The molecule has 5 nitrogen and oxygen atoms in total. The first-order valence-corrected chi connectivity index (χ1v) is 5.18. The first-order valence-electron chi connectivity index (χ1n) is 4.80. The quantitative estimate of drug-likeness (QED) is 0.845. The van der Waals surface area contributed by atoms with Gasteiger partial charge in [0, 0.05) is 13.2 Å². The predicted molar refractivity (Wildman–Crippen MR) is 61.9 cm³/mol. The van der Waals surface area contributed by atoms with Gasteiger partial charge in [-0.3, -0.25) is 0 Å². The maximum Gasteiger partial charge on any atom is 0.347 e. The molecule has 0 spiro atoms. The number of carboxylic acids is 1. The van der Waals surface area contributed by atoms with Gasteiger partial charge in [0.05, 0.1) is 18.7 Å². The van der Waals surface area contributed by atoms with Crippen molar-refractivity contribution in [1.29, 1.82) is 0 Å². The molecule has 0 aliphatic heterocycles. The zero-order chi connectivity index (χ0) is 12.8. The minimum atomic E-state index is -1.11. The molecule has 17 heavy (non-hydrogen) atoms. The Kier molecular flexibility index (Phi) is 5.06. The molecule has 0 amide bonds. The summed E-state index contributed by atoms with van der Waals surface area (Å²) in [5, 5.41) is 9.17. The molecule has 0 saturated heterocycles. The van der Waals surface area contributed by atoms with Crippen molar-refractivity contribution in [2.24, 2.45) is 0 Å². The zero-order valence-electron chi connectivity index (χ0n) is 9.47. The van der Waals surface area contributed by atoms with Gasteiger partial charge < -0.3 is 19.3 Å². The van der Waals surface area contributed by atoms with E-state index < -0.39 is 12.1 Å². The summed E-state index contributed by atoms with van der Waals surface area (Å²) >= 11 is 5.92. The topological polar surface area (TPSA) is 65.0 Å². The van der Waals surface area contributed by atoms with Gasteiger partial charge in [0.15, 0.2) is 0 Å². The zero-order valence-corrected chi connectivity index (χ0v) is 10.2. The van der Waals surface area contributed by atoms with E-state index in [0.29, 0.717) is 5.75 Å². The predicted octanol–water partition coefficient (Wildman–Crippen LogP) is 1.83. The third-order valence-corrected chi connectivity index (χ3v) is 2.30. The molecule has 0 heterocycles. The van der Waals surface area contributed by atoms with Gasteiger partial charge in [-0.25, -0.2) is 4.79 Å². The van der Waals surface area contributed by atoms with Crippen LogP contribution in [0.4, 0.5) is 0 Å². The minimum Gasteiger partial charge on any atom is -0.497 e. The van der Waals surface area contributed by atoms with Crippen molar-refractivity contribution in [2.45, 2.75) is 6.10 Å². The molecule has 0 saturated carbocycles. The van der Waals surface area contributed by atoms with Crippen LogP contribution in [-0.2, 0) is 9.53 Å². The molecule has 6 heteroatoms. The standard InChI is InChI=1S/C11H13ClO5/c1-15-6-10(11(13)14)17-9-4-3-7(16-2)5-8(9)12/h3-5,10H,6H2,1-2H3,(H,13,14). The summed E-state index contributed by atoms with van der Waals surface area (Å²) in [6, 6.07) is 4.72. The highest BCUT2D eigenvalue weighted by Gasteiger charge is 2.20. The number of halogens is 1. The average molecular weight is 261 g/mol. The molecule has 94 valence electrons. The molecule has 0 aromatic heterocycles. The molecule has 0 fully saturated rings. The van der Waals surface area contributed by atoms with Crippen LogP contribution in [0, 0.1) is 0 Å². The Morgan fingerprint density at radius 3 is 2.65 bits per heavy atom. The molecule has 1 aromatic carbocycles. The van der Waals surface area contributed by atoms with E-state index in [1.165, 1.54) is 14.2 Å². The molecule has 1 rings (SSSR count). The molecular weight excluding hydrogens is 248 g/mol. The average Bonchev–Trinajstić information content (AvgIpc) is 2.30. The number of aliphatic carboxylic acids is 1. The lowest BCUT2D eigenvalue weighted by Crippen LogP contribution is -2.31. The molecule has 0 aliphatic rings. The fourth-order valence-corrected chi connectivity index (χ4v) is 1.38. The molecule has 0 radical (unpaired) electrons. The summed E-state index contributed by atoms with van der Waals surface area (Å²) in [6.45, 7) is -0.0578. The third-order valence-electron chi connectivity index (χ3n) is 2.00. The van der Waals surface area contributed by atoms with E-state index in [0.717, 1.165) is 0 Å². The molecule has 1 atom stereocenters. The van der Waals surface area contributed by atoms with Gasteiger partial charge in [0.2, 0.25) is 6.10 Å². The Bertz CT molecular complexity index is 393. The van der Waals surface area contributed by atoms with Crippen LogP contribution in [0.25, 0.3) is 0 Å². The van der Waals surface area contributed by atoms with E-state index in [4.69, 9.17) is 30.9 Å². The maximum absolute atomic E-state index is 10.9. The van der Waals surface area contributed by atoms with Crippen molar-refractivity contribution in [3.63, 3.8) is 0 Å². The first kappa shape index (κ1) is 13.6. The molecule has 1 aromatic rings. The van der Waals surface area contributed by atoms with Crippen molar-refractivity contribution >= 4 is 17.6 Å². The van der Waals surface area contributed by atoms with E-state index in [2.05, 4.69) is 0 Å². The number of rotatable bonds is 6. The van der Waals surface area contributed by atoms with Crippen molar-refractivity contribution < 1.29 is 24.1 Å². The van der Waals surface area contributed by atoms with Crippen LogP contribution < -0.4 is 9.47 Å². The van der Waals surface area contributed by atoms with Crippen LogP contribution in [0.5, 0.6) is 11.5 Å². The Labute approximate surface area is 104 Å². The van der Waals surface area contributed by atoms with E-state index in [1.807, 2.05) is 0 Å². The summed E-state index contributed by atoms with van der Waals surface area (Å²) in [5.74, 6) is -0.267. The number of ether oxygens (including phenoxy) is 3. The summed E-state index contributed by atoms with van der Waals surface area (Å²) in [4.78, 5) is 10.9. The lowest BCUT2D eigenvalue weighted by Gasteiger charge is -2.15. The number of carboxylic acid groups (broad SMARTS) is 1. The normalized spacial score (nSPS) is 11.9. The van der Waals surface area contributed by atoms with Crippen molar-refractivity contribution in [3.8, 4) is 11.5 Å². The van der Waals surface area contributed by atoms with Gasteiger partial charge in [-0.15, -0.1) is 0 Å². The highest BCUT2D eigenvalue weighted by Crippen LogP contribution is 2.29. The van der Waals surface area contributed by atoms with E-state index in [1.54, 1.807) is 18.2 Å². The number of methoxy groups -OCH3 is 2. The first-order chi connectivity index (χ1) is 8.08. The highest BCUT2D eigenvalue weighted by atomic mass is 35.5. The lowest BCUT2D eigenvalue weighted by molar-refractivity contribution is -0.147. The van der Waals surface area contributed by atoms with Crippen LogP contribution in [0.15, 0.2) is 18.2 Å². The molecule has 1 N–H and O–H groups in total. The molecule has 0 aliphatic carbocycles. The van der Waals surface area contributed by atoms with Crippen molar-refractivity contribution in [3.05, 3.63) is 23.2 Å². The minimum absolute atomic E-state index is 0.0578. The van der Waals surface area contributed by atoms with Crippen LogP contribution in [0.1, 0.15) is 0 Å². The van der Waals surface area contributed by atoms with Gasteiger partial charge in [0.25, 0.3) is 0 Å². The smallest absolute Gasteiger partial charge is 0.347 e. The lowest BCUT2D eigenvalue weighted by atomic mass is 10.3. The summed E-state index contributed by atoms with van der Waals surface area (Å²) < 4.78 is 15.0. The van der Waals surface area contributed by atoms with Crippen LogP contribution in [0.3, 0.4) is 0 Å². The Hall–Kier alpha value is -1.46. The van der Waals surface area contributed by atoms with Crippen LogP contribution >= 0.6 is 11.6 Å². The molecule has 0 bridgehead atoms.